The molecule has 0 saturated heterocycles. The third-order valence-electron chi connectivity index (χ3n) is 1.27. The summed E-state index contributed by atoms with van der Waals surface area (Å²) in [4.78, 5) is 21.7. The quantitative estimate of drug-likeness (QED) is 0.689. The van der Waals surface area contributed by atoms with Crippen molar-refractivity contribution in [2.45, 2.75) is 13.8 Å². The predicted molar refractivity (Wildman–Crippen MR) is 54.7 cm³/mol. The standard InChI is InChI=1S/C8H15BrN2O2/c1-6(2)4-10-8(13)5-11-7(12)3-9/h6H,3-5H2,1-2H3,(H,10,13)(H,11,12). The van der Waals surface area contributed by atoms with Crippen LogP contribution in [0.4, 0.5) is 0 Å². The molecule has 0 aliphatic carbocycles. The number of hydrogen-bond donors (Lipinski definition) is 2. The highest BCUT2D eigenvalue weighted by Crippen LogP contribution is 1.86. The molecule has 0 radical (unpaired) electrons. The molecule has 0 aromatic heterocycles. The van der Waals surface area contributed by atoms with Crippen LogP contribution < -0.4 is 10.6 Å². The summed E-state index contributed by atoms with van der Waals surface area (Å²) < 4.78 is 0. The summed E-state index contributed by atoms with van der Waals surface area (Å²) in [6.07, 6.45) is 0. The molecule has 0 aliphatic rings. The van der Waals surface area contributed by atoms with Crippen molar-refractivity contribution in [1.29, 1.82) is 0 Å². The minimum absolute atomic E-state index is 0.0527. The van der Waals surface area contributed by atoms with Crippen molar-refractivity contribution in [3.8, 4) is 0 Å². The normalized spacial score (nSPS) is 9.85. The van der Waals surface area contributed by atoms with Crippen molar-refractivity contribution in [1.82, 2.24) is 10.6 Å². The topological polar surface area (TPSA) is 58.2 Å². The first-order chi connectivity index (χ1) is 6.06. The molecule has 13 heavy (non-hydrogen) atoms. The average Bonchev–Trinajstić information content (AvgIpc) is 2.10. The Balaban J connectivity index is 3.46. The lowest BCUT2D eigenvalue weighted by Gasteiger charge is -2.07. The highest BCUT2D eigenvalue weighted by molar-refractivity contribution is 9.09. The number of amides is 2. The third kappa shape index (κ3) is 7.77. The van der Waals surface area contributed by atoms with Crippen LogP contribution in [0.5, 0.6) is 0 Å². The summed E-state index contributed by atoms with van der Waals surface area (Å²) >= 11 is 2.98. The van der Waals surface area contributed by atoms with Crippen molar-refractivity contribution in [2.75, 3.05) is 18.4 Å². The first kappa shape index (κ1) is 12.4. The van der Waals surface area contributed by atoms with Gasteiger partial charge >= 0.3 is 0 Å². The fraction of sp³-hybridized carbons (Fsp3) is 0.750. The molecular formula is C8H15BrN2O2. The summed E-state index contributed by atoms with van der Waals surface area (Å²) in [6, 6.07) is 0. The van der Waals surface area contributed by atoms with Crippen LogP contribution in [0, 0.1) is 5.92 Å². The van der Waals surface area contributed by atoms with Gasteiger partial charge in [-0.25, -0.2) is 0 Å². The molecule has 0 aromatic carbocycles. The van der Waals surface area contributed by atoms with Gasteiger partial charge in [0.1, 0.15) is 0 Å². The van der Waals surface area contributed by atoms with E-state index in [4.69, 9.17) is 0 Å². The van der Waals surface area contributed by atoms with E-state index in [1.54, 1.807) is 0 Å². The van der Waals surface area contributed by atoms with Gasteiger partial charge < -0.3 is 10.6 Å². The minimum atomic E-state index is -0.181. The van der Waals surface area contributed by atoms with Gasteiger partial charge in [-0.3, -0.25) is 9.59 Å². The van der Waals surface area contributed by atoms with Gasteiger partial charge in [-0.2, -0.15) is 0 Å². The molecule has 0 heterocycles. The van der Waals surface area contributed by atoms with Gasteiger partial charge in [-0.15, -0.1) is 0 Å². The molecule has 0 saturated carbocycles. The van der Waals surface area contributed by atoms with E-state index in [1.807, 2.05) is 13.8 Å². The molecule has 0 aliphatic heterocycles. The van der Waals surface area contributed by atoms with Crippen LogP contribution in [0.25, 0.3) is 0 Å². The Bertz CT molecular complexity index is 183. The van der Waals surface area contributed by atoms with Gasteiger partial charge in [-0.1, -0.05) is 29.8 Å². The molecule has 76 valence electrons. The first-order valence-corrected chi connectivity index (χ1v) is 5.27. The van der Waals surface area contributed by atoms with Crippen LogP contribution in [-0.2, 0) is 9.59 Å². The van der Waals surface area contributed by atoms with Gasteiger partial charge in [0.05, 0.1) is 11.9 Å². The van der Waals surface area contributed by atoms with E-state index in [1.165, 1.54) is 0 Å². The Hall–Kier alpha value is -0.580. The van der Waals surface area contributed by atoms with Gasteiger partial charge in [0.25, 0.3) is 0 Å². The Kier molecular flexibility index (Phi) is 6.58. The molecular weight excluding hydrogens is 236 g/mol. The zero-order valence-electron chi connectivity index (χ0n) is 7.89. The Morgan fingerprint density at radius 1 is 1.23 bits per heavy atom. The van der Waals surface area contributed by atoms with E-state index >= 15 is 0 Å². The fourth-order valence-corrected chi connectivity index (χ4v) is 0.805. The number of hydrogen-bond acceptors (Lipinski definition) is 2. The molecule has 0 aromatic rings. The zero-order valence-corrected chi connectivity index (χ0v) is 9.48. The molecule has 5 heteroatoms. The molecule has 0 unspecified atom stereocenters. The summed E-state index contributed by atoms with van der Waals surface area (Å²) in [7, 11) is 0. The fourth-order valence-electron chi connectivity index (χ4n) is 0.607. The zero-order chi connectivity index (χ0) is 10.3. The Morgan fingerprint density at radius 3 is 2.31 bits per heavy atom. The van der Waals surface area contributed by atoms with Crippen LogP contribution in [0.2, 0.25) is 0 Å². The number of carbonyl (C=O) groups excluding carboxylic acids is 2. The van der Waals surface area contributed by atoms with E-state index in [2.05, 4.69) is 26.6 Å². The maximum atomic E-state index is 11.0. The van der Waals surface area contributed by atoms with E-state index in [9.17, 15) is 9.59 Å². The SMILES string of the molecule is CC(C)CNC(=O)CNC(=O)CBr. The van der Waals surface area contributed by atoms with Gasteiger partial charge in [0, 0.05) is 6.54 Å². The summed E-state index contributed by atoms with van der Waals surface area (Å²) in [5.41, 5.74) is 0. The third-order valence-corrected chi connectivity index (χ3v) is 1.78. The summed E-state index contributed by atoms with van der Waals surface area (Å²) in [5, 5.41) is 5.38. The van der Waals surface area contributed by atoms with Crippen molar-refractivity contribution < 1.29 is 9.59 Å². The number of alkyl halides is 1. The first-order valence-electron chi connectivity index (χ1n) is 4.15. The van der Waals surface area contributed by atoms with Crippen LogP contribution in [0.3, 0.4) is 0 Å². The molecule has 0 atom stereocenters. The number of carbonyl (C=O) groups is 2. The van der Waals surface area contributed by atoms with Gasteiger partial charge in [0.15, 0.2) is 0 Å². The lowest BCUT2D eigenvalue weighted by molar-refractivity contribution is -0.124. The van der Waals surface area contributed by atoms with Crippen LogP contribution >= 0.6 is 15.9 Å². The minimum Gasteiger partial charge on any atom is -0.354 e. The summed E-state index contributed by atoms with van der Waals surface area (Å²) in [5.74, 6) is 0.0959. The second-order valence-electron chi connectivity index (χ2n) is 3.11. The highest BCUT2D eigenvalue weighted by atomic mass is 79.9. The van der Waals surface area contributed by atoms with Crippen molar-refractivity contribution in [3.05, 3.63) is 0 Å². The molecule has 0 fully saturated rings. The van der Waals surface area contributed by atoms with Crippen molar-refractivity contribution >= 4 is 27.7 Å². The Morgan fingerprint density at radius 2 is 1.85 bits per heavy atom. The van der Waals surface area contributed by atoms with E-state index in [-0.39, 0.29) is 23.7 Å². The summed E-state index contributed by atoms with van der Waals surface area (Å²) in [6.45, 7) is 4.72. The monoisotopic (exact) mass is 250 g/mol. The Labute approximate surface area is 86.6 Å². The highest BCUT2D eigenvalue weighted by Gasteiger charge is 2.03. The van der Waals surface area contributed by atoms with Crippen LogP contribution in [-0.4, -0.2) is 30.2 Å². The largest absolute Gasteiger partial charge is 0.354 e. The van der Waals surface area contributed by atoms with E-state index in [0.717, 1.165) is 0 Å². The molecule has 4 nitrogen and oxygen atoms in total. The lowest BCUT2D eigenvalue weighted by atomic mass is 10.2. The van der Waals surface area contributed by atoms with Gasteiger partial charge in [-0.05, 0) is 5.92 Å². The predicted octanol–water partition coefficient (Wildman–Crippen LogP) is 0.270. The maximum Gasteiger partial charge on any atom is 0.239 e. The lowest BCUT2D eigenvalue weighted by Crippen LogP contribution is -2.38. The molecule has 2 N–H and O–H groups in total. The number of rotatable bonds is 5. The molecule has 0 bridgehead atoms. The number of nitrogens with one attached hydrogen (secondary N) is 2. The molecule has 0 rings (SSSR count). The average molecular weight is 251 g/mol. The molecule has 2 amide bonds. The smallest absolute Gasteiger partial charge is 0.239 e. The maximum absolute atomic E-state index is 11.0. The second-order valence-corrected chi connectivity index (χ2v) is 3.67. The van der Waals surface area contributed by atoms with E-state index < -0.39 is 0 Å². The van der Waals surface area contributed by atoms with E-state index in [0.29, 0.717) is 12.5 Å². The van der Waals surface area contributed by atoms with Crippen molar-refractivity contribution in [3.63, 3.8) is 0 Å². The van der Waals surface area contributed by atoms with Crippen LogP contribution in [0.1, 0.15) is 13.8 Å². The van der Waals surface area contributed by atoms with Crippen molar-refractivity contribution in [2.24, 2.45) is 5.92 Å². The number of halogens is 1. The van der Waals surface area contributed by atoms with Gasteiger partial charge in [0.2, 0.25) is 11.8 Å². The second kappa shape index (κ2) is 6.88. The van der Waals surface area contributed by atoms with Crippen LogP contribution in [0.15, 0.2) is 0 Å². The molecule has 0 spiro atoms.